The number of aryl methyl sites for hydroxylation is 1. The van der Waals surface area contributed by atoms with E-state index in [-0.39, 0.29) is 0 Å². The van der Waals surface area contributed by atoms with E-state index in [0.717, 1.165) is 30.6 Å². The Hall–Kier alpha value is -1.66. The van der Waals surface area contributed by atoms with Crippen molar-refractivity contribution in [3.8, 4) is 0 Å². The Bertz CT molecular complexity index is 751. The molecule has 26 heavy (non-hydrogen) atoms. The van der Waals surface area contributed by atoms with Crippen molar-refractivity contribution in [3.63, 3.8) is 0 Å². The van der Waals surface area contributed by atoms with Gasteiger partial charge in [0, 0.05) is 56.7 Å². The summed E-state index contributed by atoms with van der Waals surface area (Å²) in [6, 6.07) is 3.31. The van der Waals surface area contributed by atoms with Gasteiger partial charge in [0.1, 0.15) is 5.82 Å². The number of pyridine rings is 1. The highest BCUT2D eigenvalue weighted by atomic mass is 15.3. The Kier molecular flexibility index (Phi) is 4.88. The van der Waals surface area contributed by atoms with Crippen LogP contribution in [-0.2, 0) is 0 Å². The monoisotopic (exact) mass is 356 g/mol. The summed E-state index contributed by atoms with van der Waals surface area (Å²) in [7, 11) is 2.23. The van der Waals surface area contributed by atoms with Crippen LogP contribution in [0.2, 0.25) is 0 Å². The molecule has 2 aromatic rings. The molecule has 0 bridgehead atoms. The molecule has 4 heterocycles. The summed E-state index contributed by atoms with van der Waals surface area (Å²) in [5, 5.41) is 5.72. The van der Waals surface area contributed by atoms with Crippen molar-refractivity contribution in [3.05, 3.63) is 17.8 Å². The Morgan fingerprint density at radius 2 is 1.73 bits per heavy atom. The van der Waals surface area contributed by atoms with Crippen LogP contribution in [0.1, 0.15) is 38.3 Å². The lowest BCUT2D eigenvalue weighted by Crippen LogP contribution is -2.52. The van der Waals surface area contributed by atoms with E-state index < -0.39 is 0 Å². The summed E-state index contributed by atoms with van der Waals surface area (Å²) in [6.07, 6.45) is 4.44. The van der Waals surface area contributed by atoms with E-state index in [0.29, 0.717) is 6.04 Å². The number of hydrogen-bond acceptors (Lipinski definition) is 5. The number of rotatable bonds is 3. The molecular weight excluding hydrogens is 324 g/mol. The number of fused-ring (bicyclic) bond motifs is 1. The lowest BCUT2D eigenvalue weighted by Gasteiger charge is -2.42. The molecule has 142 valence electrons. The molecule has 0 spiro atoms. The molecule has 0 radical (unpaired) electrons. The first-order valence-corrected chi connectivity index (χ1v) is 10.1. The fourth-order valence-corrected chi connectivity index (χ4v) is 4.34. The second kappa shape index (κ2) is 7.16. The van der Waals surface area contributed by atoms with E-state index in [1.54, 1.807) is 0 Å². The average Bonchev–Trinajstić information content (AvgIpc) is 3.07. The minimum Gasteiger partial charge on any atom is -0.356 e. The molecule has 0 saturated carbocycles. The molecule has 6 heteroatoms. The van der Waals surface area contributed by atoms with Gasteiger partial charge in [0.2, 0.25) is 0 Å². The summed E-state index contributed by atoms with van der Waals surface area (Å²) in [5.74, 6) is 1.12. The zero-order valence-corrected chi connectivity index (χ0v) is 16.6. The third-order valence-corrected chi connectivity index (χ3v) is 6.09. The Balaban J connectivity index is 1.48. The molecule has 6 nitrogen and oxygen atoms in total. The third-order valence-electron chi connectivity index (χ3n) is 6.09. The van der Waals surface area contributed by atoms with Gasteiger partial charge in [-0.2, -0.15) is 5.10 Å². The second-order valence-electron chi connectivity index (χ2n) is 8.27. The topological polar surface area (TPSA) is 40.4 Å². The van der Waals surface area contributed by atoms with Crippen molar-refractivity contribution in [1.29, 1.82) is 0 Å². The third kappa shape index (κ3) is 3.32. The van der Waals surface area contributed by atoms with Crippen LogP contribution in [0, 0.1) is 6.92 Å². The van der Waals surface area contributed by atoms with Crippen molar-refractivity contribution in [2.45, 2.75) is 45.7 Å². The van der Waals surface area contributed by atoms with Crippen LogP contribution in [0.4, 0.5) is 5.82 Å². The van der Waals surface area contributed by atoms with Gasteiger partial charge >= 0.3 is 0 Å². The Labute approximate surface area is 156 Å². The van der Waals surface area contributed by atoms with Crippen LogP contribution in [0.15, 0.2) is 12.3 Å². The van der Waals surface area contributed by atoms with Gasteiger partial charge in [0.05, 0.1) is 6.20 Å². The number of piperidine rings is 1. The lowest BCUT2D eigenvalue weighted by atomic mass is 10.0. The van der Waals surface area contributed by atoms with Crippen molar-refractivity contribution >= 4 is 16.9 Å². The number of hydrogen-bond donors (Lipinski definition) is 0. The fraction of sp³-hybridized carbons (Fsp3) is 0.700. The van der Waals surface area contributed by atoms with Crippen LogP contribution < -0.4 is 4.90 Å². The van der Waals surface area contributed by atoms with Crippen LogP contribution in [0.25, 0.3) is 11.0 Å². The number of piperazine rings is 1. The molecule has 0 aliphatic carbocycles. The zero-order chi connectivity index (χ0) is 18.3. The standard InChI is InChI=1S/C20H32N6/c1-15(2)26-20-18(14-21-26)16(3)13-19(22-20)25-7-5-17(6-8-25)24-11-9-23(4)10-12-24/h13-15,17H,5-12H2,1-4H3. The van der Waals surface area contributed by atoms with Gasteiger partial charge in [-0.25, -0.2) is 9.67 Å². The van der Waals surface area contributed by atoms with Gasteiger partial charge in [-0.1, -0.05) is 0 Å². The number of nitrogens with zero attached hydrogens (tertiary/aromatic N) is 6. The van der Waals surface area contributed by atoms with Crippen LogP contribution in [0.3, 0.4) is 0 Å². The van der Waals surface area contributed by atoms with Crippen molar-refractivity contribution in [2.75, 3.05) is 51.2 Å². The average molecular weight is 357 g/mol. The molecule has 2 saturated heterocycles. The molecule has 0 unspecified atom stereocenters. The summed E-state index contributed by atoms with van der Waals surface area (Å²) in [5.41, 5.74) is 2.30. The smallest absolute Gasteiger partial charge is 0.160 e. The first-order chi connectivity index (χ1) is 12.5. The molecule has 2 aliphatic rings. The van der Waals surface area contributed by atoms with Crippen molar-refractivity contribution in [1.82, 2.24) is 24.6 Å². The van der Waals surface area contributed by atoms with Gasteiger partial charge in [-0.15, -0.1) is 0 Å². The normalized spacial score (nSPS) is 21.2. The first-order valence-electron chi connectivity index (χ1n) is 10.1. The maximum atomic E-state index is 4.99. The molecule has 2 aromatic heterocycles. The van der Waals surface area contributed by atoms with Gasteiger partial charge in [-0.05, 0) is 52.3 Å². The molecule has 0 N–H and O–H groups in total. The highest BCUT2D eigenvalue weighted by molar-refractivity contribution is 5.80. The maximum absolute atomic E-state index is 4.99. The molecule has 2 fully saturated rings. The van der Waals surface area contributed by atoms with Gasteiger partial charge in [0.25, 0.3) is 0 Å². The van der Waals surface area contributed by atoms with E-state index in [4.69, 9.17) is 4.98 Å². The first kappa shape index (κ1) is 17.7. The molecule has 0 amide bonds. The molecule has 4 rings (SSSR count). The predicted octanol–water partition coefficient (Wildman–Crippen LogP) is 2.54. The molecule has 0 aromatic carbocycles. The SMILES string of the molecule is Cc1cc(N2CCC(N3CCN(C)CC3)CC2)nc2c1cnn2C(C)C. The minimum absolute atomic E-state index is 0.331. The maximum Gasteiger partial charge on any atom is 0.160 e. The minimum atomic E-state index is 0.331. The van der Waals surface area contributed by atoms with Gasteiger partial charge in [0.15, 0.2) is 5.65 Å². The quantitative estimate of drug-likeness (QED) is 0.845. The van der Waals surface area contributed by atoms with E-state index in [1.165, 1.54) is 50.0 Å². The van der Waals surface area contributed by atoms with Gasteiger partial charge < -0.3 is 9.80 Å². The fourth-order valence-electron chi connectivity index (χ4n) is 4.34. The van der Waals surface area contributed by atoms with Crippen LogP contribution >= 0.6 is 0 Å². The predicted molar refractivity (Wildman–Crippen MR) is 107 cm³/mol. The van der Waals surface area contributed by atoms with E-state index >= 15 is 0 Å². The molecule has 2 aliphatic heterocycles. The number of likely N-dealkylation sites (N-methyl/N-ethyl adjacent to an activating group) is 1. The second-order valence-corrected chi connectivity index (χ2v) is 8.27. The Morgan fingerprint density at radius 1 is 1.04 bits per heavy atom. The van der Waals surface area contributed by atoms with E-state index in [1.807, 2.05) is 10.9 Å². The molecular formula is C20H32N6. The largest absolute Gasteiger partial charge is 0.356 e. The van der Waals surface area contributed by atoms with Crippen LogP contribution in [-0.4, -0.2) is 76.9 Å². The highest BCUT2D eigenvalue weighted by Crippen LogP contribution is 2.27. The summed E-state index contributed by atoms with van der Waals surface area (Å²) in [6.45, 7) is 13.6. The summed E-state index contributed by atoms with van der Waals surface area (Å²) in [4.78, 5) is 12.6. The molecule has 0 atom stereocenters. The highest BCUT2D eigenvalue weighted by Gasteiger charge is 2.27. The Morgan fingerprint density at radius 3 is 2.38 bits per heavy atom. The number of aromatic nitrogens is 3. The summed E-state index contributed by atoms with van der Waals surface area (Å²) >= 11 is 0. The zero-order valence-electron chi connectivity index (χ0n) is 16.6. The summed E-state index contributed by atoms with van der Waals surface area (Å²) < 4.78 is 2.04. The van der Waals surface area contributed by atoms with Crippen molar-refractivity contribution in [2.24, 2.45) is 0 Å². The number of anilines is 1. The van der Waals surface area contributed by atoms with Crippen LogP contribution in [0.5, 0.6) is 0 Å². The van der Waals surface area contributed by atoms with Crippen molar-refractivity contribution < 1.29 is 0 Å². The van der Waals surface area contributed by atoms with E-state index in [9.17, 15) is 0 Å². The van der Waals surface area contributed by atoms with E-state index in [2.05, 4.69) is 53.7 Å². The van der Waals surface area contributed by atoms with Gasteiger partial charge in [-0.3, -0.25) is 4.90 Å². The lowest BCUT2D eigenvalue weighted by molar-refractivity contribution is 0.0981.